The zero-order valence-corrected chi connectivity index (χ0v) is 18.0. The third kappa shape index (κ3) is 3.84. The fourth-order valence-corrected chi connectivity index (χ4v) is 6.79. The first-order chi connectivity index (χ1) is 13.3. The second kappa shape index (κ2) is 8.64. The van der Waals surface area contributed by atoms with Gasteiger partial charge >= 0.3 is 9.28 Å². The molecule has 2 fully saturated rings. The Hall–Kier alpha value is -0.883. The fourth-order valence-electron chi connectivity index (χ4n) is 5.46. The van der Waals surface area contributed by atoms with Crippen molar-refractivity contribution in [3.8, 4) is 5.75 Å². The highest BCUT2D eigenvalue weighted by Crippen LogP contribution is 2.49. The van der Waals surface area contributed by atoms with Crippen molar-refractivity contribution in [3.63, 3.8) is 0 Å². The molecule has 0 aromatic heterocycles. The largest absolute Gasteiger partial charge is 0.461 e. The molecule has 2 saturated carbocycles. The molecule has 0 spiro atoms. The molecule has 1 aliphatic heterocycles. The summed E-state index contributed by atoms with van der Waals surface area (Å²) in [6.45, 7) is 0.644. The molecular weight excluding hydrogens is 356 g/mol. The van der Waals surface area contributed by atoms with E-state index in [9.17, 15) is 0 Å². The summed E-state index contributed by atoms with van der Waals surface area (Å²) in [4.78, 5) is 0. The molecule has 5 heteroatoms. The van der Waals surface area contributed by atoms with Gasteiger partial charge in [-0.3, -0.25) is 0 Å². The molecule has 150 valence electrons. The predicted octanol–water partition coefficient (Wildman–Crippen LogP) is 4.17. The Morgan fingerprint density at radius 3 is 2.04 bits per heavy atom. The van der Waals surface area contributed by atoms with Gasteiger partial charge in [0.25, 0.3) is 0 Å². The monoisotopic (exact) mass is 390 g/mol. The Morgan fingerprint density at radius 2 is 1.48 bits per heavy atom. The lowest BCUT2D eigenvalue weighted by atomic mass is 9.72. The average Bonchev–Trinajstić information content (AvgIpc) is 2.75. The Labute approximate surface area is 165 Å². The Bertz CT molecular complexity index is 601. The van der Waals surface area contributed by atoms with Crippen LogP contribution in [0.2, 0.25) is 0 Å². The van der Waals surface area contributed by atoms with Gasteiger partial charge in [0, 0.05) is 31.6 Å². The van der Waals surface area contributed by atoms with E-state index in [0.29, 0.717) is 18.4 Å². The standard InChI is InChI=1S/C22H34O4Si/c1-23-27(24-2)20-13-14-21-17(15-20)16-25-22(26-21,18-9-5-3-6-10-18)19-11-7-4-8-12-19/h13-15,18-19,27H,3-12,16H2,1-2H3. The first kappa shape index (κ1) is 19.4. The predicted molar refractivity (Wildman–Crippen MR) is 109 cm³/mol. The molecule has 0 amide bonds. The quantitative estimate of drug-likeness (QED) is 0.707. The zero-order chi connectivity index (χ0) is 18.7. The molecule has 1 aromatic rings. The molecular formula is C22H34O4Si. The highest BCUT2D eigenvalue weighted by Gasteiger charge is 2.51. The van der Waals surface area contributed by atoms with Crippen LogP contribution in [-0.2, 0) is 20.2 Å². The summed E-state index contributed by atoms with van der Waals surface area (Å²) in [7, 11) is 1.65. The number of benzene rings is 1. The molecule has 27 heavy (non-hydrogen) atoms. The van der Waals surface area contributed by atoms with E-state index in [2.05, 4.69) is 18.2 Å². The second-order valence-corrected chi connectivity index (χ2v) is 10.7. The van der Waals surface area contributed by atoms with Gasteiger partial charge in [-0.2, -0.15) is 0 Å². The van der Waals surface area contributed by atoms with Crippen LogP contribution >= 0.6 is 0 Å². The highest BCUT2D eigenvalue weighted by molar-refractivity contribution is 6.61. The van der Waals surface area contributed by atoms with Crippen LogP contribution in [0, 0.1) is 11.8 Å². The number of ether oxygens (including phenoxy) is 2. The minimum Gasteiger partial charge on any atom is -0.461 e. The van der Waals surface area contributed by atoms with Gasteiger partial charge in [0.1, 0.15) is 5.75 Å². The Kier molecular flexibility index (Phi) is 6.22. The van der Waals surface area contributed by atoms with Crippen LogP contribution < -0.4 is 9.92 Å². The number of fused-ring (bicyclic) bond motifs is 1. The summed E-state index contributed by atoms with van der Waals surface area (Å²) < 4.78 is 24.6. The van der Waals surface area contributed by atoms with Crippen LogP contribution in [0.25, 0.3) is 0 Å². The summed E-state index contributed by atoms with van der Waals surface area (Å²) in [6, 6.07) is 6.43. The molecule has 2 aliphatic carbocycles. The van der Waals surface area contributed by atoms with Gasteiger partial charge in [-0.1, -0.05) is 44.6 Å². The smallest absolute Gasteiger partial charge is 0.355 e. The molecule has 1 aromatic carbocycles. The van der Waals surface area contributed by atoms with Gasteiger partial charge in [0.2, 0.25) is 5.79 Å². The summed E-state index contributed by atoms with van der Waals surface area (Å²) in [5.74, 6) is 1.67. The summed E-state index contributed by atoms with van der Waals surface area (Å²) in [5, 5.41) is 1.15. The number of rotatable bonds is 5. The fraction of sp³-hybridized carbons (Fsp3) is 0.727. The van der Waals surface area contributed by atoms with Crippen molar-refractivity contribution in [2.24, 2.45) is 11.8 Å². The van der Waals surface area contributed by atoms with E-state index in [4.69, 9.17) is 18.3 Å². The molecule has 3 aliphatic rings. The van der Waals surface area contributed by atoms with Crippen molar-refractivity contribution >= 4 is 14.5 Å². The molecule has 0 atom stereocenters. The van der Waals surface area contributed by atoms with E-state index in [1.165, 1.54) is 64.2 Å². The molecule has 0 N–H and O–H groups in total. The summed E-state index contributed by atoms with van der Waals surface area (Å²) in [6.07, 6.45) is 12.9. The van der Waals surface area contributed by atoms with E-state index in [-0.39, 0.29) is 0 Å². The molecule has 1 heterocycles. The first-order valence-electron chi connectivity index (χ1n) is 10.8. The minimum atomic E-state index is -1.80. The molecule has 0 radical (unpaired) electrons. The third-order valence-corrected chi connectivity index (χ3v) is 8.62. The molecule has 4 rings (SSSR count). The van der Waals surface area contributed by atoms with E-state index in [0.717, 1.165) is 16.5 Å². The number of hydrogen-bond donors (Lipinski definition) is 0. The minimum absolute atomic E-state index is 0.408. The van der Waals surface area contributed by atoms with Crippen LogP contribution in [0.4, 0.5) is 0 Å². The van der Waals surface area contributed by atoms with Gasteiger partial charge in [0.15, 0.2) is 0 Å². The van der Waals surface area contributed by atoms with E-state index in [1.807, 2.05) is 0 Å². The van der Waals surface area contributed by atoms with E-state index < -0.39 is 15.1 Å². The van der Waals surface area contributed by atoms with Crippen molar-refractivity contribution in [3.05, 3.63) is 23.8 Å². The highest BCUT2D eigenvalue weighted by atomic mass is 28.3. The van der Waals surface area contributed by atoms with Crippen molar-refractivity contribution in [2.45, 2.75) is 76.6 Å². The van der Waals surface area contributed by atoms with Crippen LogP contribution in [0.3, 0.4) is 0 Å². The Morgan fingerprint density at radius 1 is 0.889 bits per heavy atom. The van der Waals surface area contributed by atoms with Crippen LogP contribution in [0.1, 0.15) is 69.8 Å². The molecule has 0 saturated heterocycles. The lowest BCUT2D eigenvalue weighted by molar-refractivity contribution is -0.278. The maximum absolute atomic E-state index is 6.81. The van der Waals surface area contributed by atoms with Gasteiger partial charge in [0.05, 0.1) is 6.61 Å². The van der Waals surface area contributed by atoms with Crippen molar-refractivity contribution < 1.29 is 18.3 Å². The molecule has 0 bridgehead atoms. The van der Waals surface area contributed by atoms with Crippen LogP contribution in [-0.4, -0.2) is 29.3 Å². The van der Waals surface area contributed by atoms with Crippen molar-refractivity contribution in [1.29, 1.82) is 0 Å². The SMILES string of the molecule is CO[SiH](OC)c1ccc2c(c1)COC(C1CCCCC1)(C1CCCCC1)O2. The van der Waals surface area contributed by atoms with Crippen molar-refractivity contribution in [2.75, 3.05) is 14.2 Å². The molecule has 4 nitrogen and oxygen atoms in total. The normalized spacial score (nSPS) is 23.8. The van der Waals surface area contributed by atoms with Gasteiger partial charge < -0.3 is 18.3 Å². The van der Waals surface area contributed by atoms with E-state index in [1.54, 1.807) is 14.2 Å². The van der Waals surface area contributed by atoms with Crippen LogP contribution in [0.15, 0.2) is 18.2 Å². The van der Waals surface area contributed by atoms with Crippen molar-refractivity contribution in [1.82, 2.24) is 0 Å². The summed E-state index contributed by atoms with van der Waals surface area (Å²) in [5.41, 5.74) is 1.14. The zero-order valence-electron chi connectivity index (χ0n) is 16.9. The maximum Gasteiger partial charge on any atom is 0.355 e. The second-order valence-electron chi connectivity index (χ2n) is 8.45. The Balaban J connectivity index is 1.62. The maximum atomic E-state index is 6.81. The first-order valence-corrected chi connectivity index (χ1v) is 12.3. The third-order valence-electron chi connectivity index (χ3n) is 6.86. The van der Waals surface area contributed by atoms with Gasteiger partial charge in [-0.05, 0) is 43.0 Å². The van der Waals surface area contributed by atoms with E-state index >= 15 is 0 Å². The number of hydrogen-bond acceptors (Lipinski definition) is 4. The molecule has 0 unspecified atom stereocenters. The summed E-state index contributed by atoms with van der Waals surface area (Å²) >= 11 is 0. The van der Waals surface area contributed by atoms with Gasteiger partial charge in [-0.15, -0.1) is 0 Å². The van der Waals surface area contributed by atoms with Crippen LogP contribution in [0.5, 0.6) is 5.75 Å². The topological polar surface area (TPSA) is 36.9 Å². The average molecular weight is 391 g/mol. The lowest BCUT2D eigenvalue weighted by Gasteiger charge is -2.50. The van der Waals surface area contributed by atoms with Gasteiger partial charge in [-0.25, -0.2) is 0 Å². The lowest BCUT2D eigenvalue weighted by Crippen LogP contribution is -2.55.